The summed E-state index contributed by atoms with van der Waals surface area (Å²) in [5.41, 5.74) is 7.09. The molecule has 0 saturated heterocycles. The van der Waals surface area contributed by atoms with Crippen LogP contribution < -0.4 is 0 Å². The van der Waals surface area contributed by atoms with Crippen LogP contribution in [0.1, 0.15) is 29.0 Å². The minimum absolute atomic E-state index is 0.282. The molecule has 2 aliphatic carbocycles. The summed E-state index contributed by atoms with van der Waals surface area (Å²) in [4.78, 5) is 0. The average Bonchev–Trinajstić information content (AvgIpc) is 3.42. The molecule has 2 atom stereocenters. The summed E-state index contributed by atoms with van der Waals surface area (Å²) in [6.45, 7) is 0. The highest BCUT2D eigenvalue weighted by Crippen LogP contribution is 2.60. The number of phenols is 2. The Morgan fingerprint density at radius 2 is 1.48 bits per heavy atom. The molecule has 2 N–H and O–H groups in total. The van der Waals surface area contributed by atoms with Crippen LogP contribution in [0.25, 0.3) is 22.8 Å². The number of aromatic hydroxyl groups is 2. The quantitative estimate of drug-likeness (QED) is 0.660. The normalized spacial score (nSPS) is 20.4. The smallest absolute Gasteiger partial charge is 0.116 e. The Bertz CT molecular complexity index is 1000. The molecule has 2 nitrogen and oxygen atoms in total. The molecule has 0 aromatic heterocycles. The van der Waals surface area contributed by atoms with Crippen molar-refractivity contribution in [3.05, 3.63) is 83.4 Å². The first-order valence-electron chi connectivity index (χ1n) is 8.64. The second kappa shape index (κ2) is 5.25. The van der Waals surface area contributed by atoms with Gasteiger partial charge in [0, 0.05) is 0 Å². The van der Waals surface area contributed by atoms with E-state index in [0.29, 0.717) is 17.6 Å². The van der Waals surface area contributed by atoms with Crippen LogP contribution in [-0.4, -0.2) is 10.2 Å². The lowest BCUT2D eigenvalue weighted by molar-refractivity contribution is 0.474. The molecule has 0 amide bonds. The van der Waals surface area contributed by atoms with Crippen LogP contribution in [0.15, 0.2) is 66.7 Å². The second-order valence-electron chi connectivity index (χ2n) is 6.96. The predicted molar refractivity (Wildman–Crippen MR) is 100 cm³/mol. The van der Waals surface area contributed by atoms with Crippen LogP contribution in [0.3, 0.4) is 0 Å². The molecule has 2 unspecified atom stereocenters. The number of hydrogen-bond acceptors (Lipinski definition) is 2. The van der Waals surface area contributed by atoms with Crippen LogP contribution in [0.2, 0.25) is 0 Å². The first-order valence-corrected chi connectivity index (χ1v) is 8.64. The van der Waals surface area contributed by atoms with Gasteiger partial charge in [0.15, 0.2) is 0 Å². The molecule has 3 aromatic carbocycles. The van der Waals surface area contributed by atoms with Gasteiger partial charge in [0.1, 0.15) is 11.5 Å². The number of benzene rings is 3. The maximum Gasteiger partial charge on any atom is 0.116 e. The molecular weight excluding hydrogens is 308 g/mol. The van der Waals surface area contributed by atoms with E-state index in [1.165, 1.54) is 16.7 Å². The van der Waals surface area contributed by atoms with Gasteiger partial charge in [0.05, 0.1) is 0 Å². The fourth-order valence-corrected chi connectivity index (χ4v) is 4.10. The van der Waals surface area contributed by atoms with Crippen molar-refractivity contribution in [1.29, 1.82) is 0 Å². The van der Waals surface area contributed by atoms with Gasteiger partial charge in [0.25, 0.3) is 0 Å². The van der Waals surface area contributed by atoms with Gasteiger partial charge in [-0.25, -0.2) is 0 Å². The van der Waals surface area contributed by atoms with E-state index in [0.717, 1.165) is 23.1 Å². The lowest BCUT2D eigenvalue weighted by Crippen LogP contribution is -2.00. The minimum atomic E-state index is 0.282. The lowest BCUT2D eigenvalue weighted by Gasteiger charge is -2.19. The van der Waals surface area contributed by atoms with E-state index in [2.05, 4.69) is 24.3 Å². The summed E-state index contributed by atoms with van der Waals surface area (Å²) < 4.78 is 0. The van der Waals surface area contributed by atoms with E-state index < -0.39 is 0 Å². The molecule has 0 radical (unpaired) electrons. The van der Waals surface area contributed by atoms with Gasteiger partial charge in [0.2, 0.25) is 0 Å². The van der Waals surface area contributed by atoms with Gasteiger partial charge in [-0.15, -0.1) is 0 Å². The minimum Gasteiger partial charge on any atom is -0.508 e. The lowest BCUT2D eigenvalue weighted by atomic mass is 9.85. The van der Waals surface area contributed by atoms with E-state index in [-0.39, 0.29) is 5.75 Å². The van der Waals surface area contributed by atoms with E-state index in [9.17, 15) is 10.2 Å². The fraction of sp³-hybridized carbons (Fsp3) is 0.130. The first kappa shape index (κ1) is 14.4. The van der Waals surface area contributed by atoms with Gasteiger partial charge in [-0.1, -0.05) is 48.5 Å². The average molecular weight is 326 g/mol. The van der Waals surface area contributed by atoms with Crippen LogP contribution in [0.4, 0.5) is 0 Å². The van der Waals surface area contributed by atoms with E-state index in [1.54, 1.807) is 12.1 Å². The SMILES string of the molecule is Oc1ccc2c(c1)C=C(c1ccc(O)cc1-c1ccccc1)C1CC21. The summed E-state index contributed by atoms with van der Waals surface area (Å²) >= 11 is 0. The Kier molecular flexibility index (Phi) is 3.01. The maximum atomic E-state index is 10.0. The van der Waals surface area contributed by atoms with E-state index in [1.807, 2.05) is 36.4 Å². The van der Waals surface area contributed by atoms with Crippen molar-refractivity contribution >= 4 is 11.6 Å². The third-order valence-corrected chi connectivity index (χ3v) is 5.37. The molecule has 1 saturated carbocycles. The van der Waals surface area contributed by atoms with Crippen LogP contribution in [-0.2, 0) is 0 Å². The summed E-state index contributed by atoms with van der Waals surface area (Å²) in [5, 5.41) is 19.9. The highest BCUT2D eigenvalue weighted by Gasteiger charge is 2.45. The van der Waals surface area contributed by atoms with Crippen LogP contribution in [0, 0.1) is 5.92 Å². The molecule has 5 rings (SSSR count). The van der Waals surface area contributed by atoms with Crippen molar-refractivity contribution in [2.75, 3.05) is 0 Å². The molecule has 0 heterocycles. The Morgan fingerprint density at radius 1 is 0.720 bits per heavy atom. The number of hydrogen-bond donors (Lipinski definition) is 2. The topological polar surface area (TPSA) is 40.5 Å². The molecule has 1 fully saturated rings. The van der Waals surface area contributed by atoms with Gasteiger partial charge in [-0.05, 0) is 75.9 Å². The molecule has 2 aliphatic rings. The standard InChI is InChI=1S/C23H18O2/c24-16-6-8-18-15(10-16)11-21(23-13-22(18)23)19-9-7-17(25)12-20(19)14-4-2-1-3-5-14/h1-12,22-25H,13H2. The van der Waals surface area contributed by atoms with E-state index >= 15 is 0 Å². The fourth-order valence-electron chi connectivity index (χ4n) is 4.10. The van der Waals surface area contributed by atoms with Gasteiger partial charge >= 0.3 is 0 Å². The van der Waals surface area contributed by atoms with Gasteiger partial charge in [-0.3, -0.25) is 0 Å². The second-order valence-corrected chi connectivity index (χ2v) is 6.96. The van der Waals surface area contributed by atoms with Crippen molar-refractivity contribution < 1.29 is 10.2 Å². The zero-order valence-electron chi connectivity index (χ0n) is 13.7. The zero-order chi connectivity index (χ0) is 17.0. The highest BCUT2D eigenvalue weighted by atomic mass is 16.3. The van der Waals surface area contributed by atoms with Crippen molar-refractivity contribution in [3.8, 4) is 22.6 Å². The summed E-state index contributed by atoms with van der Waals surface area (Å²) in [5.74, 6) is 1.67. The molecule has 3 aromatic rings. The van der Waals surface area contributed by atoms with Crippen molar-refractivity contribution in [1.82, 2.24) is 0 Å². The maximum absolute atomic E-state index is 10.0. The largest absolute Gasteiger partial charge is 0.508 e. The van der Waals surface area contributed by atoms with Gasteiger partial charge < -0.3 is 10.2 Å². The molecule has 122 valence electrons. The summed E-state index contributed by atoms with van der Waals surface area (Å²) in [6.07, 6.45) is 3.36. The number of fused-ring (bicyclic) bond motifs is 3. The van der Waals surface area contributed by atoms with Gasteiger partial charge in [-0.2, -0.15) is 0 Å². The van der Waals surface area contributed by atoms with Crippen LogP contribution >= 0.6 is 0 Å². The predicted octanol–water partition coefficient (Wildman–Crippen LogP) is 5.42. The molecule has 0 spiro atoms. The van der Waals surface area contributed by atoms with Crippen molar-refractivity contribution in [2.24, 2.45) is 5.92 Å². The molecule has 0 bridgehead atoms. The first-order chi connectivity index (χ1) is 12.2. The monoisotopic (exact) mass is 326 g/mol. The van der Waals surface area contributed by atoms with Crippen molar-refractivity contribution in [2.45, 2.75) is 12.3 Å². The molecule has 2 heteroatoms. The Balaban J connectivity index is 1.70. The highest BCUT2D eigenvalue weighted by molar-refractivity contribution is 5.94. The van der Waals surface area contributed by atoms with E-state index in [4.69, 9.17) is 0 Å². The third-order valence-electron chi connectivity index (χ3n) is 5.37. The van der Waals surface area contributed by atoms with Crippen molar-refractivity contribution in [3.63, 3.8) is 0 Å². The number of rotatable bonds is 2. The Morgan fingerprint density at radius 3 is 2.32 bits per heavy atom. The Hall–Kier alpha value is -3.00. The summed E-state index contributed by atoms with van der Waals surface area (Å²) in [6, 6.07) is 21.5. The number of allylic oxidation sites excluding steroid dienone is 1. The number of phenolic OH excluding ortho intramolecular Hbond substituents is 2. The third kappa shape index (κ3) is 2.33. The van der Waals surface area contributed by atoms with Crippen LogP contribution in [0.5, 0.6) is 11.5 Å². The Labute approximate surface area is 146 Å². The molecular formula is C23H18O2. The zero-order valence-corrected chi connectivity index (χ0v) is 13.7. The molecule has 25 heavy (non-hydrogen) atoms. The summed E-state index contributed by atoms with van der Waals surface area (Å²) in [7, 11) is 0. The molecule has 0 aliphatic heterocycles.